The van der Waals surface area contributed by atoms with Crippen LogP contribution >= 0.6 is 0 Å². The van der Waals surface area contributed by atoms with Crippen molar-refractivity contribution < 1.29 is 14.7 Å². The fourth-order valence-corrected chi connectivity index (χ4v) is 2.31. The Labute approximate surface area is 101 Å². The van der Waals surface area contributed by atoms with E-state index >= 15 is 0 Å². The average molecular weight is 240 g/mol. The number of carboxylic acid groups (broad SMARTS) is 1. The molecule has 0 spiro atoms. The molecule has 17 heavy (non-hydrogen) atoms. The molecular weight excluding hydrogens is 220 g/mol. The van der Waals surface area contributed by atoms with Gasteiger partial charge in [-0.25, -0.2) is 0 Å². The zero-order valence-electron chi connectivity index (χ0n) is 9.95. The number of rotatable bonds is 6. The fourth-order valence-electron chi connectivity index (χ4n) is 2.31. The van der Waals surface area contributed by atoms with Gasteiger partial charge in [-0.3, -0.25) is 9.59 Å². The number of carbonyl (C=O) groups is 2. The number of aliphatic carboxylic acids is 1. The minimum Gasteiger partial charge on any atom is -0.481 e. The summed E-state index contributed by atoms with van der Waals surface area (Å²) < 4.78 is 0. The molecule has 0 aromatic rings. The van der Waals surface area contributed by atoms with Crippen LogP contribution in [0.3, 0.4) is 0 Å². The molecule has 1 amide bonds. The van der Waals surface area contributed by atoms with Gasteiger partial charge in [-0.15, -0.1) is 0 Å². The van der Waals surface area contributed by atoms with E-state index in [1.54, 1.807) is 0 Å². The molecule has 2 aliphatic rings. The molecule has 0 heterocycles. The third-order valence-electron chi connectivity index (χ3n) is 4.04. The molecule has 0 aromatic carbocycles. The maximum atomic E-state index is 11.6. The third-order valence-corrected chi connectivity index (χ3v) is 4.04. The minimum absolute atomic E-state index is 0.0582. The number of hydrogen-bond acceptors (Lipinski definition) is 3. The third kappa shape index (κ3) is 2.77. The number of carbonyl (C=O) groups excluding carboxylic acids is 1. The lowest BCUT2D eigenvalue weighted by atomic mass is 9.69. The molecule has 1 unspecified atom stereocenters. The van der Waals surface area contributed by atoms with E-state index in [0.29, 0.717) is 25.2 Å². The van der Waals surface area contributed by atoms with Crippen LogP contribution in [0.1, 0.15) is 38.5 Å². The SMILES string of the molecule is NC(CC(=O)NCC1(C(=O)O)CCC1)C1CC1. The van der Waals surface area contributed by atoms with Crippen molar-refractivity contribution in [2.24, 2.45) is 17.1 Å². The zero-order valence-corrected chi connectivity index (χ0v) is 9.95. The van der Waals surface area contributed by atoms with E-state index in [2.05, 4.69) is 5.32 Å². The maximum Gasteiger partial charge on any atom is 0.311 e. The number of amides is 1. The molecule has 2 rings (SSSR count). The number of nitrogens with two attached hydrogens (primary N) is 1. The highest BCUT2D eigenvalue weighted by Crippen LogP contribution is 2.40. The first-order chi connectivity index (χ1) is 8.03. The number of nitrogens with one attached hydrogen (secondary N) is 1. The molecule has 1 atom stereocenters. The van der Waals surface area contributed by atoms with Gasteiger partial charge in [0, 0.05) is 19.0 Å². The first-order valence-corrected chi connectivity index (χ1v) is 6.29. The van der Waals surface area contributed by atoms with Gasteiger partial charge in [0.25, 0.3) is 0 Å². The summed E-state index contributed by atoms with van der Waals surface area (Å²) in [5.74, 6) is -0.412. The van der Waals surface area contributed by atoms with Gasteiger partial charge in [0.15, 0.2) is 0 Å². The monoisotopic (exact) mass is 240 g/mol. The van der Waals surface area contributed by atoms with Gasteiger partial charge < -0.3 is 16.2 Å². The topological polar surface area (TPSA) is 92.4 Å². The van der Waals surface area contributed by atoms with E-state index in [0.717, 1.165) is 19.3 Å². The van der Waals surface area contributed by atoms with Crippen molar-refractivity contribution in [2.75, 3.05) is 6.54 Å². The van der Waals surface area contributed by atoms with Crippen molar-refractivity contribution in [3.63, 3.8) is 0 Å². The Morgan fingerprint density at radius 2 is 2.06 bits per heavy atom. The van der Waals surface area contributed by atoms with Crippen LogP contribution in [0.15, 0.2) is 0 Å². The van der Waals surface area contributed by atoms with E-state index in [-0.39, 0.29) is 18.5 Å². The van der Waals surface area contributed by atoms with Crippen molar-refractivity contribution >= 4 is 11.9 Å². The first-order valence-electron chi connectivity index (χ1n) is 6.29. The second-order valence-corrected chi connectivity index (χ2v) is 5.42. The average Bonchev–Trinajstić information content (AvgIpc) is 2.97. The van der Waals surface area contributed by atoms with Crippen molar-refractivity contribution in [1.82, 2.24) is 5.32 Å². The van der Waals surface area contributed by atoms with Crippen LogP contribution in [0.5, 0.6) is 0 Å². The van der Waals surface area contributed by atoms with Crippen LogP contribution in [0.4, 0.5) is 0 Å². The van der Waals surface area contributed by atoms with Crippen LogP contribution in [0, 0.1) is 11.3 Å². The molecule has 0 aromatic heterocycles. The van der Waals surface area contributed by atoms with Gasteiger partial charge in [0.2, 0.25) is 5.91 Å². The van der Waals surface area contributed by atoms with E-state index in [1.165, 1.54) is 0 Å². The lowest BCUT2D eigenvalue weighted by molar-refractivity contribution is -0.154. The summed E-state index contributed by atoms with van der Waals surface area (Å²) in [6, 6.07) is -0.0582. The molecule has 4 N–H and O–H groups in total. The Morgan fingerprint density at radius 1 is 1.41 bits per heavy atom. The zero-order chi connectivity index (χ0) is 12.5. The van der Waals surface area contributed by atoms with Gasteiger partial charge in [-0.1, -0.05) is 6.42 Å². The summed E-state index contributed by atoms with van der Waals surface area (Å²) in [4.78, 5) is 22.7. The van der Waals surface area contributed by atoms with Gasteiger partial charge in [0.05, 0.1) is 5.41 Å². The van der Waals surface area contributed by atoms with E-state index in [1.807, 2.05) is 0 Å². The lowest BCUT2D eigenvalue weighted by Crippen LogP contribution is -2.48. The lowest BCUT2D eigenvalue weighted by Gasteiger charge is -2.37. The number of carboxylic acids is 1. The summed E-state index contributed by atoms with van der Waals surface area (Å²) in [5.41, 5.74) is 5.14. The summed E-state index contributed by atoms with van der Waals surface area (Å²) >= 11 is 0. The molecule has 0 saturated heterocycles. The van der Waals surface area contributed by atoms with Gasteiger partial charge in [0.1, 0.15) is 0 Å². The van der Waals surface area contributed by atoms with E-state index in [4.69, 9.17) is 10.8 Å². The van der Waals surface area contributed by atoms with Gasteiger partial charge >= 0.3 is 5.97 Å². The molecule has 0 bridgehead atoms. The Balaban J connectivity index is 1.73. The largest absolute Gasteiger partial charge is 0.481 e. The highest BCUT2D eigenvalue weighted by Gasteiger charge is 2.44. The van der Waals surface area contributed by atoms with E-state index < -0.39 is 11.4 Å². The van der Waals surface area contributed by atoms with Crippen molar-refractivity contribution in [2.45, 2.75) is 44.6 Å². The predicted octanol–water partition coefficient (Wildman–Crippen LogP) is 0.485. The second-order valence-electron chi connectivity index (χ2n) is 5.42. The van der Waals surface area contributed by atoms with Crippen LogP contribution in [-0.2, 0) is 9.59 Å². The molecule has 96 valence electrons. The number of hydrogen-bond donors (Lipinski definition) is 3. The molecule has 2 aliphatic carbocycles. The van der Waals surface area contributed by atoms with Gasteiger partial charge in [-0.05, 0) is 31.6 Å². The maximum absolute atomic E-state index is 11.6. The Kier molecular flexibility index (Phi) is 3.38. The Bertz CT molecular complexity index is 322. The standard InChI is InChI=1S/C12H20N2O3/c13-9(8-2-3-8)6-10(15)14-7-12(11(16)17)4-1-5-12/h8-9H,1-7,13H2,(H,14,15)(H,16,17). The fraction of sp³-hybridized carbons (Fsp3) is 0.833. The smallest absolute Gasteiger partial charge is 0.311 e. The van der Waals surface area contributed by atoms with Gasteiger partial charge in [-0.2, -0.15) is 0 Å². The summed E-state index contributed by atoms with van der Waals surface area (Å²) in [7, 11) is 0. The molecular formula is C12H20N2O3. The minimum atomic E-state index is -0.796. The highest BCUT2D eigenvalue weighted by molar-refractivity contribution is 5.80. The van der Waals surface area contributed by atoms with Crippen molar-refractivity contribution in [1.29, 1.82) is 0 Å². The molecule has 5 heteroatoms. The molecule has 0 radical (unpaired) electrons. The summed E-state index contributed by atoms with van der Waals surface area (Å²) in [5, 5.41) is 11.8. The van der Waals surface area contributed by atoms with Crippen LogP contribution in [-0.4, -0.2) is 29.6 Å². The molecule has 2 fully saturated rings. The normalized spacial score (nSPS) is 23.6. The van der Waals surface area contributed by atoms with E-state index in [9.17, 15) is 9.59 Å². The Hall–Kier alpha value is -1.10. The predicted molar refractivity (Wildman–Crippen MR) is 62.2 cm³/mol. The second kappa shape index (κ2) is 4.64. The van der Waals surface area contributed by atoms with Crippen LogP contribution in [0.2, 0.25) is 0 Å². The Morgan fingerprint density at radius 3 is 2.47 bits per heavy atom. The highest BCUT2D eigenvalue weighted by atomic mass is 16.4. The van der Waals surface area contributed by atoms with Crippen molar-refractivity contribution in [3.8, 4) is 0 Å². The molecule has 2 saturated carbocycles. The summed E-state index contributed by atoms with van der Waals surface area (Å²) in [6.07, 6.45) is 4.82. The molecule has 0 aliphatic heterocycles. The van der Waals surface area contributed by atoms with Crippen LogP contribution in [0.25, 0.3) is 0 Å². The van der Waals surface area contributed by atoms with Crippen molar-refractivity contribution in [3.05, 3.63) is 0 Å². The first kappa shape index (κ1) is 12.4. The van der Waals surface area contributed by atoms with Crippen LogP contribution < -0.4 is 11.1 Å². The quantitative estimate of drug-likeness (QED) is 0.629. The summed E-state index contributed by atoms with van der Waals surface area (Å²) in [6.45, 7) is 0.249. The molecule has 5 nitrogen and oxygen atoms in total.